The van der Waals surface area contributed by atoms with Crippen LogP contribution in [0.4, 0.5) is 16.2 Å². The van der Waals surface area contributed by atoms with E-state index in [1.165, 1.54) is 0 Å². The zero-order valence-corrected chi connectivity index (χ0v) is 14.3. The number of anilines is 2. The summed E-state index contributed by atoms with van der Waals surface area (Å²) in [4.78, 5) is 24.2. The first-order valence-corrected chi connectivity index (χ1v) is 8.10. The Morgan fingerprint density at radius 3 is 2.57 bits per heavy atom. The number of carbonyl (C=O) groups excluding carboxylic acids is 2. The number of benzene rings is 2. The third-order valence-corrected chi connectivity index (χ3v) is 3.53. The fourth-order valence-electron chi connectivity index (χ4n) is 1.97. The standard InChI is InChI=1S/C17H18BrN3O2/c1-2-10-19-16(22)14-8-3-4-9-15(14)21-17(23)20-13-7-5-6-12(18)11-13/h3-9,11H,2,10H2,1H3,(H,19,22)(H2,20,21,23). The SMILES string of the molecule is CCCNC(=O)c1ccccc1NC(=O)Nc1cccc(Br)c1. The van der Waals surface area contributed by atoms with Crippen LogP contribution in [0.3, 0.4) is 0 Å². The summed E-state index contributed by atoms with van der Waals surface area (Å²) in [5.41, 5.74) is 1.56. The Morgan fingerprint density at radius 2 is 1.83 bits per heavy atom. The quantitative estimate of drug-likeness (QED) is 0.731. The van der Waals surface area contributed by atoms with Crippen molar-refractivity contribution in [3.8, 4) is 0 Å². The van der Waals surface area contributed by atoms with Crippen molar-refractivity contribution in [1.29, 1.82) is 0 Å². The summed E-state index contributed by atoms with van der Waals surface area (Å²) in [6.45, 7) is 2.58. The van der Waals surface area contributed by atoms with E-state index < -0.39 is 6.03 Å². The average Bonchev–Trinajstić information content (AvgIpc) is 2.53. The Labute approximate surface area is 143 Å². The molecule has 0 bridgehead atoms. The van der Waals surface area contributed by atoms with Crippen LogP contribution in [-0.4, -0.2) is 18.5 Å². The molecule has 0 aliphatic carbocycles. The maximum absolute atomic E-state index is 12.1. The lowest BCUT2D eigenvalue weighted by molar-refractivity contribution is 0.0954. The molecule has 0 aliphatic heterocycles. The zero-order valence-electron chi connectivity index (χ0n) is 12.7. The van der Waals surface area contributed by atoms with Gasteiger partial charge in [-0.15, -0.1) is 0 Å². The molecule has 0 heterocycles. The lowest BCUT2D eigenvalue weighted by Crippen LogP contribution is -2.27. The maximum atomic E-state index is 12.1. The molecule has 2 rings (SSSR count). The highest BCUT2D eigenvalue weighted by atomic mass is 79.9. The zero-order chi connectivity index (χ0) is 16.7. The number of hydrogen-bond donors (Lipinski definition) is 3. The number of rotatable bonds is 5. The Balaban J connectivity index is 2.07. The molecule has 0 spiro atoms. The summed E-state index contributed by atoms with van der Waals surface area (Å²) in [7, 11) is 0. The van der Waals surface area contributed by atoms with Crippen molar-refractivity contribution in [3.05, 3.63) is 58.6 Å². The molecule has 5 nitrogen and oxygen atoms in total. The van der Waals surface area contributed by atoms with Gasteiger partial charge in [0, 0.05) is 16.7 Å². The Hall–Kier alpha value is -2.34. The number of para-hydroxylation sites is 1. The second-order valence-corrected chi connectivity index (χ2v) is 5.81. The number of carbonyl (C=O) groups is 2. The molecule has 0 saturated heterocycles. The molecule has 0 fully saturated rings. The molecular formula is C17H18BrN3O2. The largest absolute Gasteiger partial charge is 0.352 e. The van der Waals surface area contributed by atoms with Gasteiger partial charge in [-0.25, -0.2) is 4.79 Å². The van der Waals surface area contributed by atoms with E-state index in [9.17, 15) is 9.59 Å². The van der Waals surface area contributed by atoms with Gasteiger partial charge in [0.05, 0.1) is 11.3 Å². The minimum absolute atomic E-state index is 0.204. The monoisotopic (exact) mass is 375 g/mol. The number of halogens is 1. The summed E-state index contributed by atoms with van der Waals surface area (Å²) < 4.78 is 0.870. The van der Waals surface area contributed by atoms with Crippen LogP contribution in [0.1, 0.15) is 23.7 Å². The lowest BCUT2D eigenvalue weighted by Gasteiger charge is -2.12. The first-order valence-electron chi connectivity index (χ1n) is 7.31. The summed E-state index contributed by atoms with van der Waals surface area (Å²) in [6, 6.07) is 13.8. The smallest absolute Gasteiger partial charge is 0.323 e. The van der Waals surface area contributed by atoms with Gasteiger partial charge in [0.2, 0.25) is 0 Å². The molecule has 2 aromatic rings. The lowest BCUT2D eigenvalue weighted by atomic mass is 10.1. The molecule has 2 aromatic carbocycles. The molecule has 0 radical (unpaired) electrons. The number of urea groups is 1. The molecule has 6 heteroatoms. The normalized spacial score (nSPS) is 10.0. The highest BCUT2D eigenvalue weighted by Gasteiger charge is 2.12. The van der Waals surface area contributed by atoms with Crippen molar-refractivity contribution in [2.75, 3.05) is 17.2 Å². The summed E-state index contributed by atoms with van der Waals surface area (Å²) in [5.74, 6) is -0.204. The van der Waals surface area contributed by atoms with Gasteiger partial charge in [-0.1, -0.05) is 41.1 Å². The van der Waals surface area contributed by atoms with E-state index in [0.29, 0.717) is 23.5 Å². The van der Waals surface area contributed by atoms with Crippen LogP contribution in [0.25, 0.3) is 0 Å². The van der Waals surface area contributed by atoms with Gasteiger partial charge in [0.1, 0.15) is 0 Å². The highest BCUT2D eigenvalue weighted by molar-refractivity contribution is 9.10. The van der Waals surface area contributed by atoms with Crippen LogP contribution in [0.5, 0.6) is 0 Å². The van der Waals surface area contributed by atoms with Gasteiger partial charge in [0.25, 0.3) is 5.91 Å². The third kappa shape index (κ3) is 5.10. The summed E-state index contributed by atoms with van der Waals surface area (Å²) in [6.07, 6.45) is 0.852. The predicted octanol–water partition coefficient (Wildman–Crippen LogP) is 4.23. The van der Waals surface area contributed by atoms with Crippen molar-refractivity contribution >= 4 is 39.2 Å². The van der Waals surface area contributed by atoms with E-state index >= 15 is 0 Å². The third-order valence-electron chi connectivity index (χ3n) is 3.04. The second-order valence-electron chi connectivity index (χ2n) is 4.89. The van der Waals surface area contributed by atoms with E-state index in [2.05, 4.69) is 31.9 Å². The van der Waals surface area contributed by atoms with Crippen molar-refractivity contribution in [3.63, 3.8) is 0 Å². The molecule has 0 saturated carbocycles. The van der Waals surface area contributed by atoms with Crippen LogP contribution in [0.2, 0.25) is 0 Å². The first kappa shape index (κ1) is 17.0. The van der Waals surface area contributed by atoms with Gasteiger partial charge < -0.3 is 16.0 Å². The molecule has 0 unspecified atom stereocenters. The van der Waals surface area contributed by atoms with Crippen LogP contribution >= 0.6 is 15.9 Å². The molecule has 23 heavy (non-hydrogen) atoms. The molecule has 0 atom stereocenters. The van der Waals surface area contributed by atoms with Gasteiger partial charge >= 0.3 is 6.03 Å². The van der Waals surface area contributed by atoms with Crippen molar-refractivity contribution < 1.29 is 9.59 Å². The van der Waals surface area contributed by atoms with Gasteiger partial charge in [-0.05, 0) is 36.8 Å². The van der Waals surface area contributed by atoms with Crippen molar-refractivity contribution in [2.45, 2.75) is 13.3 Å². The van der Waals surface area contributed by atoms with Crippen LogP contribution in [0, 0.1) is 0 Å². The summed E-state index contributed by atoms with van der Waals surface area (Å²) >= 11 is 3.35. The Morgan fingerprint density at radius 1 is 1.04 bits per heavy atom. The van der Waals surface area contributed by atoms with E-state index in [0.717, 1.165) is 10.9 Å². The fourth-order valence-corrected chi connectivity index (χ4v) is 2.37. The van der Waals surface area contributed by atoms with Crippen LogP contribution in [0.15, 0.2) is 53.0 Å². The second kappa shape index (κ2) is 8.33. The van der Waals surface area contributed by atoms with E-state index in [1.54, 1.807) is 36.4 Å². The molecule has 0 aromatic heterocycles. The average molecular weight is 376 g/mol. The number of hydrogen-bond acceptors (Lipinski definition) is 2. The summed E-state index contributed by atoms with van der Waals surface area (Å²) in [5, 5.41) is 8.24. The Bertz CT molecular complexity index is 704. The van der Waals surface area contributed by atoms with E-state index in [1.807, 2.05) is 19.1 Å². The molecule has 3 N–H and O–H groups in total. The van der Waals surface area contributed by atoms with Crippen LogP contribution < -0.4 is 16.0 Å². The molecular weight excluding hydrogens is 358 g/mol. The van der Waals surface area contributed by atoms with Crippen LogP contribution in [-0.2, 0) is 0 Å². The molecule has 0 aliphatic rings. The van der Waals surface area contributed by atoms with Gasteiger partial charge in [0.15, 0.2) is 0 Å². The molecule has 3 amide bonds. The van der Waals surface area contributed by atoms with E-state index in [-0.39, 0.29) is 5.91 Å². The topological polar surface area (TPSA) is 70.2 Å². The minimum Gasteiger partial charge on any atom is -0.352 e. The first-order chi connectivity index (χ1) is 11.1. The fraction of sp³-hybridized carbons (Fsp3) is 0.176. The molecule has 120 valence electrons. The van der Waals surface area contributed by atoms with Gasteiger partial charge in [-0.3, -0.25) is 4.79 Å². The minimum atomic E-state index is -0.404. The maximum Gasteiger partial charge on any atom is 0.323 e. The Kier molecular flexibility index (Phi) is 6.17. The van der Waals surface area contributed by atoms with E-state index in [4.69, 9.17) is 0 Å². The predicted molar refractivity (Wildman–Crippen MR) is 95.8 cm³/mol. The number of nitrogens with one attached hydrogen (secondary N) is 3. The highest BCUT2D eigenvalue weighted by Crippen LogP contribution is 2.18. The number of amides is 3. The van der Waals surface area contributed by atoms with Crippen molar-refractivity contribution in [1.82, 2.24) is 5.32 Å². The van der Waals surface area contributed by atoms with Gasteiger partial charge in [-0.2, -0.15) is 0 Å². The van der Waals surface area contributed by atoms with Crippen molar-refractivity contribution in [2.24, 2.45) is 0 Å².